The maximum absolute atomic E-state index is 6.24. The number of methoxy groups -OCH3 is 1. The van der Waals surface area contributed by atoms with Crippen LogP contribution in [0.25, 0.3) is 0 Å². The molecule has 0 saturated heterocycles. The van der Waals surface area contributed by atoms with Crippen molar-refractivity contribution in [3.05, 3.63) is 63.1 Å². The van der Waals surface area contributed by atoms with Crippen molar-refractivity contribution in [2.24, 2.45) is 5.73 Å². The largest absolute Gasteiger partial charge is 0.496 e. The van der Waals surface area contributed by atoms with Crippen LogP contribution in [0.4, 0.5) is 0 Å². The Morgan fingerprint density at radius 2 is 2.00 bits per heavy atom. The van der Waals surface area contributed by atoms with Gasteiger partial charge in [-0.1, -0.05) is 35.9 Å². The normalized spacial score (nSPS) is 12.2. The smallest absolute Gasteiger partial charge is 0.122 e. The Morgan fingerprint density at radius 3 is 2.68 bits per heavy atom. The quantitative estimate of drug-likeness (QED) is 0.898. The molecule has 0 aliphatic rings. The molecule has 0 aliphatic carbocycles. The van der Waals surface area contributed by atoms with Gasteiger partial charge in [0.1, 0.15) is 5.75 Å². The van der Waals surface area contributed by atoms with Crippen LogP contribution in [0.3, 0.4) is 0 Å². The summed E-state index contributed by atoms with van der Waals surface area (Å²) in [6.45, 7) is 0. The minimum Gasteiger partial charge on any atom is -0.496 e. The summed E-state index contributed by atoms with van der Waals surface area (Å²) < 4.78 is 6.21. The second kappa shape index (κ2) is 6.42. The van der Waals surface area contributed by atoms with E-state index in [1.807, 2.05) is 42.5 Å². The standard InChI is InChI=1S/C15H15BrClNO/c1-19-15-5-3-2-4-11(15)9-14(18)10-6-7-12(16)13(17)8-10/h2-8,14H,9,18H2,1H3. The predicted molar refractivity (Wildman–Crippen MR) is 82.8 cm³/mol. The average molecular weight is 341 g/mol. The van der Waals surface area contributed by atoms with Gasteiger partial charge < -0.3 is 10.5 Å². The molecule has 2 nitrogen and oxygen atoms in total. The number of ether oxygens (including phenoxy) is 1. The Labute approximate surface area is 126 Å². The summed E-state index contributed by atoms with van der Waals surface area (Å²) in [5.41, 5.74) is 8.35. The highest BCUT2D eigenvalue weighted by Gasteiger charge is 2.11. The van der Waals surface area contributed by atoms with Crippen LogP contribution in [0.15, 0.2) is 46.9 Å². The van der Waals surface area contributed by atoms with E-state index in [1.165, 1.54) is 0 Å². The zero-order valence-electron chi connectivity index (χ0n) is 10.6. The van der Waals surface area contributed by atoms with Gasteiger partial charge in [0.15, 0.2) is 0 Å². The third-order valence-corrected chi connectivity index (χ3v) is 4.24. The predicted octanol–water partition coefficient (Wildman–Crippen LogP) is 4.35. The average Bonchev–Trinajstić information content (AvgIpc) is 2.42. The van der Waals surface area contributed by atoms with Crippen LogP contribution in [0.5, 0.6) is 5.75 Å². The number of hydrogen-bond donors (Lipinski definition) is 1. The van der Waals surface area contributed by atoms with E-state index in [1.54, 1.807) is 7.11 Å². The van der Waals surface area contributed by atoms with Crippen molar-refractivity contribution in [2.45, 2.75) is 12.5 Å². The molecular weight excluding hydrogens is 326 g/mol. The molecule has 2 aromatic rings. The lowest BCUT2D eigenvalue weighted by molar-refractivity contribution is 0.408. The molecule has 19 heavy (non-hydrogen) atoms. The minimum atomic E-state index is -0.109. The van der Waals surface area contributed by atoms with Crippen molar-refractivity contribution in [1.82, 2.24) is 0 Å². The van der Waals surface area contributed by atoms with Gasteiger partial charge in [0.05, 0.1) is 12.1 Å². The van der Waals surface area contributed by atoms with Gasteiger partial charge in [0.25, 0.3) is 0 Å². The SMILES string of the molecule is COc1ccccc1CC(N)c1ccc(Br)c(Cl)c1. The summed E-state index contributed by atoms with van der Waals surface area (Å²) in [6, 6.07) is 13.6. The van der Waals surface area contributed by atoms with Crippen LogP contribution in [-0.4, -0.2) is 7.11 Å². The monoisotopic (exact) mass is 339 g/mol. The van der Waals surface area contributed by atoms with E-state index in [-0.39, 0.29) is 6.04 Å². The molecule has 2 N–H and O–H groups in total. The van der Waals surface area contributed by atoms with E-state index >= 15 is 0 Å². The van der Waals surface area contributed by atoms with Crippen LogP contribution < -0.4 is 10.5 Å². The molecule has 2 rings (SSSR count). The fourth-order valence-corrected chi connectivity index (χ4v) is 2.41. The van der Waals surface area contributed by atoms with E-state index in [4.69, 9.17) is 22.1 Å². The molecule has 0 fully saturated rings. The van der Waals surface area contributed by atoms with Crippen molar-refractivity contribution >= 4 is 27.5 Å². The summed E-state index contributed by atoms with van der Waals surface area (Å²) in [4.78, 5) is 0. The molecule has 0 amide bonds. The molecular formula is C15H15BrClNO. The molecule has 1 atom stereocenters. The second-order valence-corrected chi connectivity index (χ2v) is 5.56. The first kappa shape index (κ1) is 14.4. The highest BCUT2D eigenvalue weighted by Crippen LogP contribution is 2.28. The summed E-state index contributed by atoms with van der Waals surface area (Å²) >= 11 is 9.47. The lowest BCUT2D eigenvalue weighted by Crippen LogP contribution is -2.13. The van der Waals surface area contributed by atoms with Crippen molar-refractivity contribution in [2.75, 3.05) is 7.11 Å². The first-order chi connectivity index (χ1) is 9.11. The molecule has 0 heterocycles. The molecule has 100 valence electrons. The maximum Gasteiger partial charge on any atom is 0.122 e. The highest BCUT2D eigenvalue weighted by molar-refractivity contribution is 9.10. The lowest BCUT2D eigenvalue weighted by atomic mass is 9.99. The zero-order chi connectivity index (χ0) is 13.8. The minimum absolute atomic E-state index is 0.109. The van der Waals surface area contributed by atoms with Gasteiger partial charge in [0, 0.05) is 10.5 Å². The van der Waals surface area contributed by atoms with E-state index in [0.29, 0.717) is 11.4 Å². The molecule has 0 aliphatic heterocycles. The zero-order valence-corrected chi connectivity index (χ0v) is 12.9. The Kier molecular flexibility index (Phi) is 4.86. The Hall–Kier alpha value is -1.03. The van der Waals surface area contributed by atoms with Gasteiger partial charge in [-0.3, -0.25) is 0 Å². The van der Waals surface area contributed by atoms with Gasteiger partial charge in [-0.25, -0.2) is 0 Å². The van der Waals surface area contributed by atoms with Gasteiger partial charge in [0.2, 0.25) is 0 Å². The summed E-state index contributed by atoms with van der Waals surface area (Å²) in [5.74, 6) is 0.862. The number of benzene rings is 2. The molecule has 0 radical (unpaired) electrons. The molecule has 0 bridgehead atoms. The first-order valence-corrected chi connectivity index (χ1v) is 7.11. The number of para-hydroxylation sites is 1. The third-order valence-electron chi connectivity index (χ3n) is 3.00. The number of rotatable bonds is 4. The summed E-state index contributed by atoms with van der Waals surface area (Å²) in [7, 11) is 1.67. The van der Waals surface area contributed by atoms with Gasteiger partial charge in [-0.2, -0.15) is 0 Å². The Bertz CT molecular complexity index is 574. The van der Waals surface area contributed by atoms with Crippen LogP contribution in [0.1, 0.15) is 17.2 Å². The van der Waals surface area contributed by atoms with Crippen LogP contribution in [-0.2, 0) is 6.42 Å². The number of nitrogens with two attached hydrogens (primary N) is 1. The van der Waals surface area contributed by atoms with Gasteiger partial charge in [-0.15, -0.1) is 0 Å². The fraction of sp³-hybridized carbons (Fsp3) is 0.200. The molecule has 4 heteroatoms. The third kappa shape index (κ3) is 3.50. The van der Waals surface area contributed by atoms with Crippen molar-refractivity contribution < 1.29 is 4.74 Å². The van der Waals surface area contributed by atoms with Crippen LogP contribution in [0.2, 0.25) is 5.02 Å². The van der Waals surface area contributed by atoms with E-state index in [2.05, 4.69) is 15.9 Å². The summed E-state index contributed by atoms with van der Waals surface area (Å²) in [6.07, 6.45) is 0.710. The lowest BCUT2D eigenvalue weighted by Gasteiger charge is -2.15. The Morgan fingerprint density at radius 1 is 1.26 bits per heavy atom. The second-order valence-electron chi connectivity index (χ2n) is 4.30. The molecule has 0 spiro atoms. The van der Waals surface area contributed by atoms with E-state index in [9.17, 15) is 0 Å². The highest BCUT2D eigenvalue weighted by atomic mass is 79.9. The molecule has 0 saturated carbocycles. The number of hydrogen-bond acceptors (Lipinski definition) is 2. The fourth-order valence-electron chi connectivity index (χ4n) is 1.97. The topological polar surface area (TPSA) is 35.2 Å². The van der Waals surface area contributed by atoms with Gasteiger partial charge >= 0.3 is 0 Å². The van der Waals surface area contributed by atoms with Crippen molar-refractivity contribution in [1.29, 1.82) is 0 Å². The van der Waals surface area contributed by atoms with Crippen LogP contribution in [0, 0.1) is 0 Å². The summed E-state index contributed by atoms with van der Waals surface area (Å²) in [5, 5.41) is 0.674. The Balaban J connectivity index is 2.20. The molecule has 0 aromatic heterocycles. The van der Waals surface area contributed by atoms with E-state index in [0.717, 1.165) is 21.3 Å². The van der Waals surface area contributed by atoms with E-state index < -0.39 is 0 Å². The molecule has 2 aromatic carbocycles. The molecule has 1 unspecified atom stereocenters. The van der Waals surface area contributed by atoms with Crippen molar-refractivity contribution in [3.8, 4) is 5.75 Å². The van der Waals surface area contributed by atoms with Crippen molar-refractivity contribution in [3.63, 3.8) is 0 Å². The van der Waals surface area contributed by atoms with Crippen LogP contribution >= 0.6 is 27.5 Å². The van der Waals surface area contributed by atoms with Gasteiger partial charge in [-0.05, 0) is 51.7 Å². The maximum atomic E-state index is 6.24. The first-order valence-electron chi connectivity index (χ1n) is 5.94. The number of halogens is 2.